The van der Waals surface area contributed by atoms with E-state index < -0.39 is 5.91 Å². The summed E-state index contributed by atoms with van der Waals surface area (Å²) < 4.78 is 0. The summed E-state index contributed by atoms with van der Waals surface area (Å²) in [5.41, 5.74) is 0.108. The van der Waals surface area contributed by atoms with Crippen molar-refractivity contribution in [1.29, 1.82) is 0 Å². The fourth-order valence-electron chi connectivity index (χ4n) is 1.29. The first-order chi connectivity index (χ1) is 7.70. The highest BCUT2D eigenvalue weighted by atomic mass is 16.3. The van der Waals surface area contributed by atoms with Gasteiger partial charge in [0, 0.05) is 19.3 Å². The van der Waals surface area contributed by atoms with Crippen LogP contribution in [0, 0.1) is 0 Å². The normalized spacial score (nSPS) is 10.1. The van der Waals surface area contributed by atoms with Crippen LogP contribution in [0.1, 0.15) is 10.4 Å². The van der Waals surface area contributed by atoms with Gasteiger partial charge in [-0.2, -0.15) is 0 Å². The second-order valence-corrected chi connectivity index (χ2v) is 3.13. The van der Waals surface area contributed by atoms with Crippen LogP contribution in [0.25, 0.3) is 0 Å². The fourth-order valence-corrected chi connectivity index (χ4v) is 1.29. The molecule has 0 aliphatic rings. The number of carbonyl (C=O) groups is 1. The Bertz CT molecular complexity index is 350. The molecule has 16 heavy (non-hydrogen) atoms. The minimum Gasteiger partial charge on any atom is -0.505 e. The molecule has 1 rings (SSSR count). The summed E-state index contributed by atoms with van der Waals surface area (Å²) >= 11 is 0. The van der Waals surface area contributed by atoms with E-state index in [-0.39, 0.29) is 37.6 Å². The van der Waals surface area contributed by atoms with Crippen molar-refractivity contribution >= 4 is 5.91 Å². The Morgan fingerprint density at radius 2 is 1.94 bits per heavy atom. The molecule has 0 saturated heterocycles. The van der Waals surface area contributed by atoms with Crippen LogP contribution in [0.5, 0.6) is 5.75 Å². The Morgan fingerprint density at radius 3 is 2.44 bits per heavy atom. The molecule has 0 saturated carbocycles. The average Bonchev–Trinajstić information content (AvgIpc) is 2.28. The third-order valence-electron chi connectivity index (χ3n) is 2.06. The van der Waals surface area contributed by atoms with Gasteiger partial charge in [0.1, 0.15) is 5.75 Å². The van der Waals surface area contributed by atoms with Gasteiger partial charge in [0.05, 0.1) is 25.0 Å². The Balaban J connectivity index is 2.85. The zero-order valence-electron chi connectivity index (χ0n) is 8.70. The molecule has 0 aromatic carbocycles. The lowest BCUT2D eigenvalue weighted by Crippen LogP contribution is -2.35. The minimum absolute atomic E-state index is 0.108. The van der Waals surface area contributed by atoms with Crippen LogP contribution in [-0.2, 0) is 0 Å². The molecule has 3 N–H and O–H groups in total. The van der Waals surface area contributed by atoms with Gasteiger partial charge in [-0.15, -0.1) is 0 Å². The topological polar surface area (TPSA) is 93.9 Å². The molecule has 1 amide bonds. The van der Waals surface area contributed by atoms with E-state index in [1.807, 2.05) is 0 Å². The van der Waals surface area contributed by atoms with Crippen molar-refractivity contribution in [2.45, 2.75) is 0 Å². The zero-order valence-corrected chi connectivity index (χ0v) is 8.70. The number of pyridine rings is 1. The molecule has 0 aliphatic carbocycles. The number of aliphatic hydroxyl groups excluding tert-OH is 2. The van der Waals surface area contributed by atoms with Crippen LogP contribution in [0.2, 0.25) is 0 Å². The number of carbonyl (C=O) groups excluding carboxylic acids is 1. The molecule has 1 aromatic rings. The summed E-state index contributed by atoms with van der Waals surface area (Å²) in [4.78, 5) is 16.8. The molecule has 0 unspecified atom stereocenters. The summed E-state index contributed by atoms with van der Waals surface area (Å²) in [6.45, 7) is -0.169. The second-order valence-electron chi connectivity index (χ2n) is 3.13. The van der Waals surface area contributed by atoms with E-state index in [1.165, 1.54) is 23.4 Å². The van der Waals surface area contributed by atoms with E-state index in [9.17, 15) is 9.90 Å². The van der Waals surface area contributed by atoms with E-state index >= 15 is 0 Å². The molecule has 6 nitrogen and oxygen atoms in total. The lowest BCUT2D eigenvalue weighted by atomic mass is 10.2. The van der Waals surface area contributed by atoms with Crippen molar-refractivity contribution in [1.82, 2.24) is 9.88 Å². The van der Waals surface area contributed by atoms with Gasteiger partial charge in [-0.3, -0.25) is 9.78 Å². The van der Waals surface area contributed by atoms with Crippen LogP contribution < -0.4 is 0 Å². The lowest BCUT2D eigenvalue weighted by molar-refractivity contribution is 0.0681. The summed E-state index contributed by atoms with van der Waals surface area (Å²) in [5.74, 6) is -0.656. The molecule has 6 heteroatoms. The first-order valence-corrected chi connectivity index (χ1v) is 4.84. The van der Waals surface area contributed by atoms with Gasteiger partial charge in [0.2, 0.25) is 0 Å². The number of amides is 1. The lowest BCUT2D eigenvalue weighted by Gasteiger charge is -2.20. The maximum absolute atomic E-state index is 11.9. The van der Waals surface area contributed by atoms with Gasteiger partial charge in [-0.1, -0.05) is 0 Å². The third-order valence-corrected chi connectivity index (χ3v) is 2.06. The standard InChI is InChI=1S/C10H14N2O4/c13-5-3-12(4-6-14)10(16)8-1-2-11-7-9(8)15/h1-2,7,13-15H,3-6H2. The first-order valence-electron chi connectivity index (χ1n) is 4.84. The van der Waals surface area contributed by atoms with Crippen LogP contribution in [0.3, 0.4) is 0 Å². The summed E-state index contributed by atoms with van der Waals surface area (Å²) in [5, 5.41) is 27.0. The van der Waals surface area contributed by atoms with Crippen molar-refractivity contribution in [3.05, 3.63) is 24.0 Å². The number of aliphatic hydroxyl groups is 2. The smallest absolute Gasteiger partial charge is 0.257 e. The molecule has 1 aromatic heterocycles. The van der Waals surface area contributed by atoms with Crippen LogP contribution in [-0.4, -0.2) is 57.4 Å². The number of hydrogen-bond acceptors (Lipinski definition) is 5. The SMILES string of the molecule is O=C(c1ccncc1O)N(CCO)CCO. The molecular formula is C10H14N2O4. The number of aromatic nitrogens is 1. The largest absolute Gasteiger partial charge is 0.505 e. The Hall–Kier alpha value is -1.66. The molecule has 0 aliphatic heterocycles. The summed E-state index contributed by atoms with van der Waals surface area (Å²) in [6.07, 6.45) is 2.56. The van der Waals surface area contributed by atoms with Crippen LogP contribution >= 0.6 is 0 Å². The van der Waals surface area contributed by atoms with E-state index in [2.05, 4.69) is 4.98 Å². The zero-order chi connectivity index (χ0) is 12.0. The van der Waals surface area contributed by atoms with Gasteiger partial charge in [0.25, 0.3) is 5.91 Å². The Morgan fingerprint density at radius 1 is 1.31 bits per heavy atom. The molecular weight excluding hydrogens is 212 g/mol. The van der Waals surface area contributed by atoms with Gasteiger partial charge in [-0.25, -0.2) is 0 Å². The molecule has 0 atom stereocenters. The molecule has 0 bridgehead atoms. The Labute approximate surface area is 92.8 Å². The van der Waals surface area contributed by atoms with E-state index in [1.54, 1.807) is 0 Å². The number of rotatable bonds is 5. The van der Waals surface area contributed by atoms with E-state index in [0.29, 0.717) is 0 Å². The van der Waals surface area contributed by atoms with Gasteiger partial charge < -0.3 is 20.2 Å². The van der Waals surface area contributed by atoms with E-state index in [4.69, 9.17) is 10.2 Å². The minimum atomic E-state index is -0.442. The highest BCUT2D eigenvalue weighted by molar-refractivity contribution is 5.96. The molecule has 1 heterocycles. The average molecular weight is 226 g/mol. The van der Waals surface area contributed by atoms with Crippen molar-refractivity contribution in [3.8, 4) is 5.75 Å². The van der Waals surface area contributed by atoms with Crippen molar-refractivity contribution in [3.63, 3.8) is 0 Å². The molecule has 0 spiro atoms. The first kappa shape index (κ1) is 12.4. The predicted octanol–water partition coefficient (Wildman–Crippen LogP) is -0.786. The number of nitrogens with zero attached hydrogens (tertiary/aromatic N) is 2. The van der Waals surface area contributed by atoms with Crippen molar-refractivity contribution in [2.24, 2.45) is 0 Å². The second kappa shape index (κ2) is 6.04. The van der Waals surface area contributed by atoms with E-state index in [0.717, 1.165) is 0 Å². The molecule has 0 fully saturated rings. The summed E-state index contributed by atoms with van der Waals surface area (Å²) in [6, 6.07) is 1.39. The van der Waals surface area contributed by atoms with Gasteiger partial charge in [-0.05, 0) is 6.07 Å². The number of aromatic hydroxyl groups is 1. The van der Waals surface area contributed by atoms with Crippen molar-refractivity contribution in [2.75, 3.05) is 26.3 Å². The Kier molecular flexibility index (Phi) is 4.68. The fraction of sp³-hybridized carbons (Fsp3) is 0.400. The van der Waals surface area contributed by atoms with Gasteiger partial charge in [0.15, 0.2) is 0 Å². The monoisotopic (exact) mass is 226 g/mol. The highest BCUT2D eigenvalue weighted by Gasteiger charge is 2.17. The molecule has 0 radical (unpaired) electrons. The molecule has 88 valence electrons. The highest BCUT2D eigenvalue weighted by Crippen LogP contribution is 2.16. The maximum atomic E-state index is 11.9. The van der Waals surface area contributed by atoms with Crippen molar-refractivity contribution < 1.29 is 20.1 Å². The predicted molar refractivity (Wildman–Crippen MR) is 56.0 cm³/mol. The summed E-state index contributed by atoms with van der Waals surface area (Å²) in [7, 11) is 0. The van der Waals surface area contributed by atoms with Gasteiger partial charge >= 0.3 is 0 Å². The number of hydrogen-bond donors (Lipinski definition) is 3. The van der Waals surface area contributed by atoms with Crippen LogP contribution in [0.15, 0.2) is 18.5 Å². The third kappa shape index (κ3) is 2.91. The quantitative estimate of drug-likeness (QED) is 0.612. The van der Waals surface area contributed by atoms with Crippen LogP contribution in [0.4, 0.5) is 0 Å². The maximum Gasteiger partial charge on any atom is 0.257 e.